The third-order valence-electron chi connectivity index (χ3n) is 2.94. The number of benzene rings is 2. The van der Waals surface area contributed by atoms with Crippen LogP contribution in [0.2, 0.25) is 0 Å². The Morgan fingerprint density at radius 2 is 1.80 bits per heavy atom. The lowest BCUT2D eigenvalue weighted by Gasteiger charge is -2.08. The van der Waals surface area contributed by atoms with Gasteiger partial charge in [0.2, 0.25) is 5.88 Å². The quantitative estimate of drug-likeness (QED) is 0.686. The van der Waals surface area contributed by atoms with Gasteiger partial charge in [0, 0.05) is 10.8 Å². The van der Waals surface area contributed by atoms with Crippen molar-refractivity contribution in [3.8, 4) is 11.6 Å². The molecule has 5 heteroatoms. The van der Waals surface area contributed by atoms with Crippen LogP contribution in [0.1, 0.15) is 5.69 Å². The molecule has 0 saturated heterocycles. The summed E-state index contributed by atoms with van der Waals surface area (Å²) in [6, 6.07) is 12.2. The van der Waals surface area contributed by atoms with Crippen molar-refractivity contribution in [2.45, 2.75) is 6.92 Å². The fourth-order valence-electron chi connectivity index (χ4n) is 1.94. The molecule has 0 unspecified atom stereocenters. The molecule has 1 aromatic heterocycles. The maximum absolute atomic E-state index is 13.2. The summed E-state index contributed by atoms with van der Waals surface area (Å²) < 4.78 is 19.3. The standard InChI is InChI=1S/C15H10BrFN2O/c1-9-11-4-2-3-5-12(11)15(19-18-9)20-10-6-7-14(17)13(16)8-10/h2-8H,1H3. The summed E-state index contributed by atoms with van der Waals surface area (Å²) in [4.78, 5) is 0. The van der Waals surface area contributed by atoms with Gasteiger partial charge in [0.15, 0.2) is 0 Å². The first-order valence-corrected chi connectivity index (χ1v) is 6.79. The van der Waals surface area contributed by atoms with Crippen LogP contribution in [0.5, 0.6) is 11.6 Å². The number of hydrogen-bond donors (Lipinski definition) is 0. The Kier molecular flexibility index (Phi) is 3.36. The molecule has 20 heavy (non-hydrogen) atoms. The van der Waals surface area contributed by atoms with Gasteiger partial charge < -0.3 is 4.74 Å². The molecule has 3 aromatic rings. The zero-order valence-electron chi connectivity index (χ0n) is 10.6. The van der Waals surface area contributed by atoms with Crippen LogP contribution in [0, 0.1) is 12.7 Å². The third kappa shape index (κ3) is 2.36. The lowest BCUT2D eigenvalue weighted by Crippen LogP contribution is -1.95. The Balaban J connectivity index is 2.06. The van der Waals surface area contributed by atoms with E-state index in [2.05, 4.69) is 26.1 Å². The van der Waals surface area contributed by atoms with Gasteiger partial charge in [-0.2, -0.15) is 5.10 Å². The molecule has 0 atom stereocenters. The van der Waals surface area contributed by atoms with Gasteiger partial charge in [-0.25, -0.2) is 4.39 Å². The van der Waals surface area contributed by atoms with Crippen molar-refractivity contribution in [2.24, 2.45) is 0 Å². The average molecular weight is 333 g/mol. The van der Waals surface area contributed by atoms with Crippen molar-refractivity contribution in [1.29, 1.82) is 0 Å². The van der Waals surface area contributed by atoms with Gasteiger partial charge in [-0.15, -0.1) is 5.10 Å². The number of hydrogen-bond acceptors (Lipinski definition) is 3. The molecule has 0 amide bonds. The molecule has 0 aliphatic carbocycles. The van der Waals surface area contributed by atoms with Crippen molar-refractivity contribution in [3.05, 3.63) is 58.4 Å². The lowest BCUT2D eigenvalue weighted by molar-refractivity contribution is 0.459. The van der Waals surface area contributed by atoms with Crippen LogP contribution in [0.25, 0.3) is 10.8 Å². The van der Waals surface area contributed by atoms with E-state index in [-0.39, 0.29) is 5.82 Å². The Labute approximate surface area is 123 Å². The highest BCUT2D eigenvalue weighted by atomic mass is 79.9. The predicted molar refractivity (Wildman–Crippen MR) is 78.4 cm³/mol. The Morgan fingerprint density at radius 3 is 2.55 bits per heavy atom. The minimum absolute atomic E-state index is 0.336. The fraction of sp³-hybridized carbons (Fsp3) is 0.0667. The van der Waals surface area contributed by atoms with Crippen molar-refractivity contribution < 1.29 is 9.13 Å². The largest absolute Gasteiger partial charge is 0.437 e. The fourth-order valence-corrected chi connectivity index (χ4v) is 2.30. The molecule has 100 valence electrons. The predicted octanol–water partition coefficient (Wildman–Crippen LogP) is 4.63. The molecule has 0 aliphatic rings. The number of aryl methyl sites for hydroxylation is 1. The highest BCUT2D eigenvalue weighted by Gasteiger charge is 2.09. The van der Waals surface area contributed by atoms with Crippen LogP contribution in [-0.2, 0) is 0 Å². The number of ether oxygens (including phenoxy) is 1. The maximum atomic E-state index is 13.2. The minimum Gasteiger partial charge on any atom is -0.437 e. The van der Waals surface area contributed by atoms with Crippen molar-refractivity contribution in [1.82, 2.24) is 10.2 Å². The van der Waals surface area contributed by atoms with Gasteiger partial charge in [-0.05, 0) is 47.1 Å². The Morgan fingerprint density at radius 1 is 1.05 bits per heavy atom. The second kappa shape index (κ2) is 5.17. The second-order valence-corrected chi connectivity index (χ2v) is 5.17. The first kappa shape index (κ1) is 13.0. The molecule has 1 heterocycles. The first-order valence-electron chi connectivity index (χ1n) is 6.00. The van der Waals surface area contributed by atoms with Crippen molar-refractivity contribution in [3.63, 3.8) is 0 Å². The van der Waals surface area contributed by atoms with Gasteiger partial charge in [0.1, 0.15) is 11.6 Å². The molecule has 3 rings (SSSR count). The molecule has 0 saturated carbocycles. The van der Waals surface area contributed by atoms with Gasteiger partial charge in [-0.1, -0.05) is 18.2 Å². The smallest absolute Gasteiger partial charge is 0.246 e. The number of rotatable bonds is 2. The van der Waals surface area contributed by atoms with E-state index in [4.69, 9.17) is 4.74 Å². The summed E-state index contributed by atoms with van der Waals surface area (Å²) in [6.45, 7) is 1.90. The Bertz CT molecular complexity index is 792. The molecular weight excluding hydrogens is 323 g/mol. The summed E-state index contributed by atoms with van der Waals surface area (Å²) in [7, 11) is 0. The summed E-state index contributed by atoms with van der Waals surface area (Å²) in [6.07, 6.45) is 0. The van der Waals surface area contributed by atoms with E-state index in [1.807, 2.05) is 31.2 Å². The number of halogens is 2. The van der Waals surface area contributed by atoms with Crippen LogP contribution >= 0.6 is 15.9 Å². The zero-order valence-corrected chi connectivity index (χ0v) is 12.2. The van der Waals surface area contributed by atoms with Crippen LogP contribution < -0.4 is 4.74 Å². The lowest BCUT2D eigenvalue weighted by atomic mass is 10.1. The molecule has 0 spiro atoms. The van der Waals surface area contributed by atoms with Gasteiger partial charge in [-0.3, -0.25) is 0 Å². The van der Waals surface area contributed by atoms with E-state index < -0.39 is 0 Å². The minimum atomic E-state index is -0.336. The molecule has 0 fully saturated rings. The zero-order chi connectivity index (χ0) is 14.1. The third-order valence-corrected chi connectivity index (χ3v) is 3.55. The van der Waals surface area contributed by atoms with Crippen LogP contribution in [-0.4, -0.2) is 10.2 Å². The molecule has 0 bridgehead atoms. The van der Waals surface area contributed by atoms with E-state index in [0.717, 1.165) is 16.5 Å². The monoisotopic (exact) mass is 332 g/mol. The molecular formula is C15H10BrFN2O. The van der Waals surface area contributed by atoms with Gasteiger partial charge in [0.05, 0.1) is 10.2 Å². The molecule has 3 nitrogen and oxygen atoms in total. The summed E-state index contributed by atoms with van der Waals surface area (Å²) in [5, 5.41) is 10.0. The van der Waals surface area contributed by atoms with Gasteiger partial charge in [0.25, 0.3) is 0 Å². The highest BCUT2D eigenvalue weighted by molar-refractivity contribution is 9.10. The van der Waals surface area contributed by atoms with E-state index in [1.54, 1.807) is 12.1 Å². The second-order valence-electron chi connectivity index (χ2n) is 4.31. The van der Waals surface area contributed by atoms with Crippen LogP contribution in [0.3, 0.4) is 0 Å². The number of fused-ring (bicyclic) bond motifs is 1. The molecule has 0 radical (unpaired) electrons. The van der Waals surface area contributed by atoms with E-state index in [1.165, 1.54) is 6.07 Å². The van der Waals surface area contributed by atoms with E-state index in [9.17, 15) is 4.39 Å². The summed E-state index contributed by atoms with van der Waals surface area (Å²) >= 11 is 3.13. The number of aromatic nitrogens is 2. The summed E-state index contributed by atoms with van der Waals surface area (Å²) in [5.41, 5.74) is 0.841. The SMILES string of the molecule is Cc1nnc(Oc2ccc(F)c(Br)c2)c2ccccc12. The summed E-state index contributed by atoms with van der Waals surface area (Å²) in [5.74, 6) is 0.573. The molecule has 0 N–H and O–H groups in total. The topological polar surface area (TPSA) is 35.0 Å². The average Bonchev–Trinajstić information content (AvgIpc) is 2.46. The highest BCUT2D eigenvalue weighted by Crippen LogP contribution is 2.30. The van der Waals surface area contributed by atoms with E-state index >= 15 is 0 Å². The number of nitrogens with zero attached hydrogens (tertiary/aromatic N) is 2. The maximum Gasteiger partial charge on any atom is 0.246 e. The normalized spacial score (nSPS) is 10.8. The van der Waals surface area contributed by atoms with Crippen molar-refractivity contribution >= 4 is 26.7 Å². The van der Waals surface area contributed by atoms with Crippen LogP contribution in [0.4, 0.5) is 4.39 Å². The molecule has 0 aliphatic heterocycles. The van der Waals surface area contributed by atoms with Gasteiger partial charge >= 0.3 is 0 Å². The van der Waals surface area contributed by atoms with Crippen LogP contribution in [0.15, 0.2) is 46.9 Å². The molecule has 2 aromatic carbocycles. The van der Waals surface area contributed by atoms with Crippen molar-refractivity contribution in [2.75, 3.05) is 0 Å². The Hall–Kier alpha value is -2.01. The van der Waals surface area contributed by atoms with E-state index in [0.29, 0.717) is 16.1 Å². The first-order chi connectivity index (χ1) is 9.65.